The summed E-state index contributed by atoms with van der Waals surface area (Å²) >= 11 is 0. The van der Waals surface area contributed by atoms with Crippen LogP contribution in [-0.4, -0.2) is 31.2 Å². The van der Waals surface area contributed by atoms with Crippen LogP contribution in [0, 0.1) is 0 Å². The molecule has 0 bridgehead atoms. The van der Waals surface area contributed by atoms with Crippen molar-refractivity contribution in [2.45, 2.75) is 31.2 Å². The van der Waals surface area contributed by atoms with Crippen molar-refractivity contribution < 1.29 is 9.53 Å². The van der Waals surface area contributed by atoms with Gasteiger partial charge in [0, 0.05) is 31.0 Å². The van der Waals surface area contributed by atoms with E-state index < -0.39 is 0 Å². The lowest BCUT2D eigenvalue weighted by molar-refractivity contribution is -0.125. The average Bonchev–Trinajstić information content (AvgIpc) is 2.83. The molecule has 1 amide bonds. The van der Waals surface area contributed by atoms with Crippen molar-refractivity contribution in [1.29, 1.82) is 0 Å². The number of carbonyl (C=O) groups excluding carboxylic acids is 1. The van der Waals surface area contributed by atoms with Crippen molar-refractivity contribution in [1.82, 2.24) is 5.32 Å². The molecule has 1 unspecified atom stereocenters. The molecular weight excluding hydrogens is 240 g/mol. The highest BCUT2D eigenvalue weighted by Gasteiger charge is 2.34. The molecule has 0 aliphatic carbocycles. The van der Waals surface area contributed by atoms with Gasteiger partial charge in [0.15, 0.2) is 0 Å². The molecule has 1 atom stereocenters. The second-order valence-electron chi connectivity index (χ2n) is 5.68. The maximum absolute atomic E-state index is 12.5. The number of ether oxygens (including phenoxy) is 1. The van der Waals surface area contributed by atoms with Gasteiger partial charge in [-0.3, -0.25) is 4.79 Å². The Morgan fingerprint density at radius 1 is 1.37 bits per heavy atom. The molecule has 4 nitrogen and oxygen atoms in total. The predicted molar refractivity (Wildman–Crippen MR) is 74.3 cm³/mol. The number of hydrogen-bond acceptors (Lipinski definition) is 3. The van der Waals surface area contributed by atoms with Crippen LogP contribution in [-0.2, 0) is 9.53 Å². The maximum Gasteiger partial charge on any atom is 0.229 e. The summed E-state index contributed by atoms with van der Waals surface area (Å²) in [6.45, 7) is 4.27. The van der Waals surface area contributed by atoms with E-state index in [1.807, 2.05) is 24.3 Å². The molecule has 1 saturated heterocycles. The van der Waals surface area contributed by atoms with Crippen LogP contribution in [0.5, 0.6) is 0 Å². The Kier molecular flexibility index (Phi) is 3.19. The first kappa shape index (κ1) is 12.5. The lowest BCUT2D eigenvalue weighted by Gasteiger charge is -2.35. The second kappa shape index (κ2) is 4.85. The van der Waals surface area contributed by atoms with E-state index in [4.69, 9.17) is 4.74 Å². The fourth-order valence-electron chi connectivity index (χ4n) is 2.85. The van der Waals surface area contributed by atoms with Gasteiger partial charge in [-0.25, -0.2) is 0 Å². The highest BCUT2D eigenvalue weighted by molar-refractivity contribution is 5.88. The van der Waals surface area contributed by atoms with Gasteiger partial charge in [-0.05, 0) is 31.4 Å². The van der Waals surface area contributed by atoms with E-state index in [1.54, 1.807) is 0 Å². The standard InChI is InChI=1S/C15H20N2O2/c1-15(6-8-19-9-7-15)17-14(18)12-10-16-13-5-3-2-4-11(12)13/h2-5,12,16H,6-10H2,1H3,(H,17,18). The summed E-state index contributed by atoms with van der Waals surface area (Å²) < 4.78 is 5.36. The van der Waals surface area contributed by atoms with Crippen LogP contribution >= 0.6 is 0 Å². The van der Waals surface area contributed by atoms with Gasteiger partial charge < -0.3 is 15.4 Å². The summed E-state index contributed by atoms with van der Waals surface area (Å²) in [4.78, 5) is 12.5. The molecule has 1 aromatic carbocycles. The zero-order valence-electron chi connectivity index (χ0n) is 11.2. The third kappa shape index (κ3) is 2.45. The van der Waals surface area contributed by atoms with Gasteiger partial charge in [0.1, 0.15) is 0 Å². The minimum absolute atomic E-state index is 0.0733. The lowest BCUT2D eigenvalue weighted by Crippen LogP contribution is -2.51. The fraction of sp³-hybridized carbons (Fsp3) is 0.533. The summed E-state index contributed by atoms with van der Waals surface area (Å²) in [7, 11) is 0. The maximum atomic E-state index is 12.5. The van der Waals surface area contributed by atoms with Gasteiger partial charge in [0.05, 0.1) is 5.92 Å². The van der Waals surface area contributed by atoms with Crippen molar-refractivity contribution in [2.75, 3.05) is 25.1 Å². The molecule has 0 spiro atoms. The van der Waals surface area contributed by atoms with Crippen LogP contribution in [0.15, 0.2) is 24.3 Å². The molecule has 2 aliphatic heterocycles. The molecule has 19 heavy (non-hydrogen) atoms. The number of amides is 1. The Balaban J connectivity index is 1.72. The number of benzene rings is 1. The smallest absolute Gasteiger partial charge is 0.229 e. The molecule has 102 valence electrons. The quantitative estimate of drug-likeness (QED) is 0.853. The zero-order valence-corrected chi connectivity index (χ0v) is 11.2. The number of para-hydroxylation sites is 1. The SMILES string of the molecule is CC1(NC(=O)C2CNc3ccccc32)CCOCC1. The van der Waals surface area contributed by atoms with Crippen LogP contribution < -0.4 is 10.6 Å². The predicted octanol–water partition coefficient (Wildman–Crippen LogP) is 1.88. The van der Waals surface area contributed by atoms with Crippen LogP contribution in [0.3, 0.4) is 0 Å². The third-order valence-corrected chi connectivity index (χ3v) is 4.17. The minimum Gasteiger partial charge on any atom is -0.384 e. The number of carbonyl (C=O) groups is 1. The average molecular weight is 260 g/mol. The summed E-state index contributed by atoms with van der Waals surface area (Å²) in [5.41, 5.74) is 2.07. The van der Waals surface area contributed by atoms with E-state index in [2.05, 4.69) is 17.6 Å². The Morgan fingerprint density at radius 2 is 2.11 bits per heavy atom. The van der Waals surface area contributed by atoms with Crippen LogP contribution in [0.1, 0.15) is 31.2 Å². The monoisotopic (exact) mass is 260 g/mol. The van der Waals surface area contributed by atoms with Gasteiger partial charge in [0.25, 0.3) is 0 Å². The van der Waals surface area contributed by atoms with Crippen molar-refractivity contribution in [3.8, 4) is 0 Å². The van der Waals surface area contributed by atoms with Gasteiger partial charge in [-0.1, -0.05) is 18.2 Å². The Bertz CT molecular complexity index is 481. The van der Waals surface area contributed by atoms with Crippen LogP contribution in [0.2, 0.25) is 0 Å². The number of anilines is 1. The third-order valence-electron chi connectivity index (χ3n) is 4.17. The van der Waals surface area contributed by atoms with E-state index >= 15 is 0 Å². The van der Waals surface area contributed by atoms with Gasteiger partial charge >= 0.3 is 0 Å². The Morgan fingerprint density at radius 3 is 2.89 bits per heavy atom. The fourth-order valence-corrected chi connectivity index (χ4v) is 2.85. The molecule has 0 aromatic heterocycles. The summed E-state index contributed by atoms with van der Waals surface area (Å²) in [5, 5.41) is 6.51. The number of hydrogen-bond donors (Lipinski definition) is 2. The largest absolute Gasteiger partial charge is 0.384 e. The molecule has 2 heterocycles. The van der Waals surface area contributed by atoms with Crippen molar-refractivity contribution in [3.63, 3.8) is 0 Å². The van der Waals surface area contributed by atoms with E-state index in [9.17, 15) is 4.79 Å². The summed E-state index contributed by atoms with van der Waals surface area (Å²) in [6, 6.07) is 8.04. The molecule has 4 heteroatoms. The molecule has 1 aromatic rings. The van der Waals surface area contributed by atoms with Crippen molar-refractivity contribution >= 4 is 11.6 Å². The number of rotatable bonds is 2. The van der Waals surface area contributed by atoms with Gasteiger partial charge in [-0.2, -0.15) is 0 Å². The van der Waals surface area contributed by atoms with E-state index in [1.165, 1.54) is 0 Å². The zero-order chi connectivity index (χ0) is 13.3. The first-order chi connectivity index (χ1) is 9.18. The summed E-state index contributed by atoms with van der Waals surface area (Å²) in [6.07, 6.45) is 1.78. The van der Waals surface area contributed by atoms with E-state index in [-0.39, 0.29) is 17.4 Å². The topological polar surface area (TPSA) is 50.4 Å². The summed E-state index contributed by atoms with van der Waals surface area (Å²) in [5.74, 6) is 0.0534. The first-order valence-corrected chi connectivity index (χ1v) is 6.91. The molecule has 0 saturated carbocycles. The normalized spacial score (nSPS) is 24.4. The molecule has 0 radical (unpaired) electrons. The molecule has 2 aliphatic rings. The van der Waals surface area contributed by atoms with E-state index in [0.29, 0.717) is 6.54 Å². The molecule has 3 rings (SSSR count). The van der Waals surface area contributed by atoms with Crippen molar-refractivity contribution in [3.05, 3.63) is 29.8 Å². The molecule has 2 N–H and O–H groups in total. The molecular formula is C15H20N2O2. The van der Waals surface area contributed by atoms with Gasteiger partial charge in [-0.15, -0.1) is 0 Å². The Labute approximate surface area is 113 Å². The van der Waals surface area contributed by atoms with Gasteiger partial charge in [0.2, 0.25) is 5.91 Å². The van der Waals surface area contributed by atoms with Crippen LogP contribution in [0.25, 0.3) is 0 Å². The number of fused-ring (bicyclic) bond motifs is 1. The van der Waals surface area contributed by atoms with Crippen LogP contribution in [0.4, 0.5) is 5.69 Å². The number of nitrogens with one attached hydrogen (secondary N) is 2. The highest BCUT2D eigenvalue weighted by Crippen LogP contribution is 2.32. The highest BCUT2D eigenvalue weighted by atomic mass is 16.5. The molecule has 1 fully saturated rings. The first-order valence-electron chi connectivity index (χ1n) is 6.91. The van der Waals surface area contributed by atoms with E-state index in [0.717, 1.165) is 37.3 Å². The van der Waals surface area contributed by atoms with Crippen molar-refractivity contribution in [2.24, 2.45) is 0 Å². The Hall–Kier alpha value is -1.55. The minimum atomic E-state index is -0.118. The second-order valence-corrected chi connectivity index (χ2v) is 5.68. The lowest BCUT2D eigenvalue weighted by atomic mass is 9.90.